The van der Waals surface area contributed by atoms with E-state index in [2.05, 4.69) is 18.3 Å². The van der Waals surface area contributed by atoms with E-state index in [-0.39, 0.29) is 0 Å². The molecule has 1 rings (SSSR count). The lowest BCUT2D eigenvalue weighted by Crippen LogP contribution is -1.98. The van der Waals surface area contributed by atoms with Crippen molar-refractivity contribution in [3.05, 3.63) is 29.8 Å². The predicted octanol–water partition coefficient (Wildman–Crippen LogP) is 2.38. The van der Waals surface area contributed by atoms with E-state index in [9.17, 15) is 0 Å². The lowest BCUT2D eigenvalue weighted by atomic mass is 10.2. The Morgan fingerprint density at radius 2 is 2.00 bits per heavy atom. The van der Waals surface area contributed by atoms with Gasteiger partial charge in [0.2, 0.25) is 0 Å². The Hall–Kier alpha value is -1.49. The highest BCUT2D eigenvalue weighted by Crippen LogP contribution is 2.08. The van der Waals surface area contributed by atoms with Crippen LogP contribution >= 0.6 is 0 Å². The van der Waals surface area contributed by atoms with Crippen molar-refractivity contribution in [1.82, 2.24) is 0 Å². The van der Waals surface area contributed by atoms with Crippen LogP contribution in [0, 0.1) is 11.3 Å². The van der Waals surface area contributed by atoms with E-state index in [1.807, 2.05) is 24.3 Å². The van der Waals surface area contributed by atoms with Crippen LogP contribution in [-0.2, 0) is 0 Å². The molecule has 0 atom stereocenters. The minimum Gasteiger partial charge on any atom is -0.385 e. The third kappa shape index (κ3) is 2.28. The lowest BCUT2D eigenvalue weighted by molar-refractivity contribution is 0.980. The Morgan fingerprint density at radius 1 is 1.33 bits per heavy atom. The van der Waals surface area contributed by atoms with E-state index in [1.165, 1.54) is 0 Å². The van der Waals surface area contributed by atoms with Gasteiger partial charge in [-0.2, -0.15) is 5.26 Å². The SMILES string of the molecule is CCCNc1ccc(C#N)cc1. The molecule has 0 spiro atoms. The smallest absolute Gasteiger partial charge is 0.0991 e. The second kappa shape index (κ2) is 4.40. The van der Waals surface area contributed by atoms with E-state index in [4.69, 9.17) is 5.26 Å². The average molecular weight is 160 g/mol. The van der Waals surface area contributed by atoms with Crippen molar-refractivity contribution in [2.24, 2.45) is 0 Å². The van der Waals surface area contributed by atoms with Crippen LogP contribution in [0.15, 0.2) is 24.3 Å². The minimum atomic E-state index is 0.706. The number of nitriles is 1. The molecule has 12 heavy (non-hydrogen) atoms. The largest absolute Gasteiger partial charge is 0.385 e. The molecule has 1 N–H and O–H groups in total. The first-order valence-electron chi connectivity index (χ1n) is 4.11. The van der Waals surface area contributed by atoms with Crippen molar-refractivity contribution in [2.45, 2.75) is 13.3 Å². The van der Waals surface area contributed by atoms with Crippen LogP contribution < -0.4 is 5.32 Å². The number of hydrogen-bond donors (Lipinski definition) is 1. The highest BCUT2D eigenvalue weighted by atomic mass is 14.9. The number of nitrogens with one attached hydrogen (secondary N) is 1. The van der Waals surface area contributed by atoms with E-state index < -0.39 is 0 Å². The quantitative estimate of drug-likeness (QED) is 0.736. The maximum atomic E-state index is 8.53. The van der Waals surface area contributed by atoms with Gasteiger partial charge in [-0.3, -0.25) is 0 Å². The molecule has 0 bridgehead atoms. The molecule has 62 valence electrons. The Kier molecular flexibility index (Phi) is 3.16. The second-order valence-electron chi connectivity index (χ2n) is 2.62. The van der Waals surface area contributed by atoms with Crippen molar-refractivity contribution >= 4 is 5.69 Å². The fourth-order valence-corrected chi connectivity index (χ4v) is 0.932. The third-order valence-electron chi connectivity index (χ3n) is 1.59. The predicted molar refractivity (Wildman–Crippen MR) is 49.9 cm³/mol. The van der Waals surface area contributed by atoms with Gasteiger partial charge in [-0.1, -0.05) is 6.92 Å². The van der Waals surface area contributed by atoms with Gasteiger partial charge >= 0.3 is 0 Å². The molecule has 0 amide bonds. The van der Waals surface area contributed by atoms with Gasteiger partial charge in [-0.15, -0.1) is 0 Å². The first-order valence-corrected chi connectivity index (χ1v) is 4.11. The summed E-state index contributed by atoms with van der Waals surface area (Å²) in [5, 5.41) is 11.8. The summed E-state index contributed by atoms with van der Waals surface area (Å²) in [6.45, 7) is 3.10. The third-order valence-corrected chi connectivity index (χ3v) is 1.59. The van der Waals surface area contributed by atoms with Crippen molar-refractivity contribution < 1.29 is 0 Å². The highest BCUT2D eigenvalue weighted by molar-refractivity contribution is 5.46. The number of hydrogen-bond acceptors (Lipinski definition) is 2. The van der Waals surface area contributed by atoms with Crippen molar-refractivity contribution in [1.29, 1.82) is 5.26 Å². The van der Waals surface area contributed by atoms with Gasteiger partial charge in [0.05, 0.1) is 11.6 Å². The van der Waals surface area contributed by atoms with Gasteiger partial charge < -0.3 is 5.32 Å². The molecule has 0 aliphatic carbocycles. The molecule has 0 radical (unpaired) electrons. The molecule has 0 heterocycles. The molecule has 2 nitrogen and oxygen atoms in total. The van der Waals surface area contributed by atoms with E-state index in [1.54, 1.807) is 0 Å². The van der Waals surface area contributed by atoms with Crippen LogP contribution in [0.1, 0.15) is 18.9 Å². The number of benzene rings is 1. The number of anilines is 1. The van der Waals surface area contributed by atoms with Crippen LogP contribution in [0.4, 0.5) is 5.69 Å². The molecule has 0 saturated heterocycles. The van der Waals surface area contributed by atoms with Gasteiger partial charge in [0.1, 0.15) is 0 Å². The molecule has 2 heteroatoms. The topological polar surface area (TPSA) is 35.8 Å². The van der Waals surface area contributed by atoms with E-state index >= 15 is 0 Å². The highest BCUT2D eigenvalue weighted by Gasteiger charge is 1.90. The van der Waals surface area contributed by atoms with Crippen LogP contribution in [0.3, 0.4) is 0 Å². The normalized spacial score (nSPS) is 9.00. The Labute approximate surface area is 72.8 Å². The summed E-state index contributed by atoms with van der Waals surface area (Å²) in [6, 6.07) is 9.57. The number of nitrogens with zero attached hydrogens (tertiary/aromatic N) is 1. The van der Waals surface area contributed by atoms with E-state index in [0.717, 1.165) is 18.7 Å². The summed E-state index contributed by atoms with van der Waals surface area (Å²) in [4.78, 5) is 0. The molecule has 0 aliphatic heterocycles. The summed E-state index contributed by atoms with van der Waals surface area (Å²) in [5.74, 6) is 0. The molecule has 0 saturated carbocycles. The molecule has 0 unspecified atom stereocenters. The van der Waals surface area contributed by atoms with Crippen molar-refractivity contribution in [2.75, 3.05) is 11.9 Å². The summed E-state index contributed by atoms with van der Waals surface area (Å²) < 4.78 is 0. The maximum Gasteiger partial charge on any atom is 0.0991 e. The zero-order valence-corrected chi connectivity index (χ0v) is 7.17. The molecule has 0 fully saturated rings. The Morgan fingerprint density at radius 3 is 2.50 bits per heavy atom. The zero-order valence-electron chi connectivity index (χ0n) is 7.17. The summed E-state index contributed by atoms with van der Waals surface area (Å²) in [7, 11) is 0. The first-order chi connectivity index (χ1) is 5.86. The Bertz CT molecular complexity index is 269. The fraction of sp³-hybridized carbons (Fsp3) is 0.300. The van der Waals surface area contributed by atoms with Gasteiger partial charge in [0.15, 0.2) is 0 Å². The van der Waals surface area contributed by atoms with Crippen LogP contribution in [-0.4, -0.2) is 6.54 Å². The van der Waals surface area contributed by atoms with E-state index in [0.29, 0.717) is 5.56 Å². The Balaban J connectivity index is 2.60. The molecule has 0 aliphatic rings. The van der Waals surface area contributed by atoms with Gasteiger partial charge in [-0.05, 0) is 30.7 Å². The van der Waals surface area contributed by atoms with Crippen molar-refractivity contribution in [3.8, 4) is 6.07 Å². The summed E-state index contributed by atoms with van der Waals surface area (Å²) in [6.07, 6.45) is 1.11. The molecular formula is C10H12N2. The van der Waals surface area contributed by atoms with Crippen LogP contribution in [0.25, 0.3) is 0 Å². The minimum absolute atomic E-state index is 0.706. The summed E-state index contributed by atoms with van der Waals surface area (Å²) >= 11 is 0. The van der Waals surface area contributed by atoms with Gasteiger partial charge in [-0.25, -0.2) is 0 Å². The molecular weight excluding hydrogens is 148 g/mol. The van der Waals surface area contributed by atoms with Gasteiger partial charge in [0.25, 0.3) is 0 Å². The van der Waals surface area contributed by atoms with Crippen LogP contribution in [0.2, 0.25) is 0 Å². The summed E-state index contributed by atoms with van der Waals surface area (Å²) in [5.41, 5.74) is 1.79. The fourth-order valence-electron chi connectivity index (χ4n) is 0.932. The standard InChI is InChI=1S/C10H12N2/c1-2-7-12-10-5-3-9(8-11)4-6-10/h3-6,12H,2,7H2,1H3. The molecule has 0 aromatic heterocycles. The first kappa shape index (κ1) is 8.61. The maximum absolute atomic E-state index is 8.53. The zero-order chi connectivity index (χ0) is 8.81. The monoisotopic (exact) mass is 160 g/mol. The number of rotatable bonds is 3. The lowest BCUT2D eigenvalue weighted by Gasteiger charge is -2.02. The molecule has 1 aromatic carbocycles. The second-order valence-corrected chi connectivity index (χ2v) is 2.62. The molecule has 1 aromatic rings. The van der Waals surface area contributed by atoms with Gasteiger partial charge in [0, 0.05) is 12.2 Å². The average Bonchev–Trinajstić information content (AvgIpc) is 2.15. The van der Waals surface area contributed by atoms with Crippen molar-refractivity contribution in [3.63, 3.8) is 0 Å². The van der Waals surface area contributed by atoms with Crippen LogP contribution in [0.5, 0.6) is 0 Å².